The number of carbonyl (C=O) groups is 1. The highest BCUT2D eigenvalue weighted by atomic mass is 35.5. The number of thiophene rings is 1. The first-order valence-electron chi connectivity index (χ1n) is 9.16. The number of carbonyl (C=O) groups excluding carboxylic acids is 1. The monoisotopic (exact) mass is 398 g/mol. The van der Waals surface area contributed by atoms with Crippen LogP contribution in [0.3, 0.4) is 0 Å². The Kier molecular flexibility index (Phi) is 4.02. The number of nitrogens with one attached hydrogen (secondary N) is 2. The maximum atomic E-state index is 12.8. The molecule has 0 radical (unpaired) electrons. The highest BCUT2D eigenvalue weighted by Gasteiger charge is 2.34. The summed E-state index contributed by atoms with van der Waals surface area (Å²) in [6, 6.07) is 11.3. The van der Waals surface area contributed by atoms with Crippen molar-refractivity contribution < 1.29 is 9.21 Å². The predicted octanol–water partition coefficient (Wildman–Crippen LogP) is 5.64. The van der Waals surface area contributed by atoms with Crippen molar-refractivity contribution >= 4 is 33.8 Å². The van der Waals surface area contributed by atoms with E-state index in [1.165, 1.54) is 10.4 Å². The summed E-state index contributed by atoms with van der Waals surface area (Å²) >= 11 is 7.79. The van der Waals surface area contributed by atoms with E-state index in [4.69, 9.17) is 16.0 Å². The maximum Gasteiger partial charge on any atom is 0.256 e. The molecule has 0 saturated heterocycles. The van der Waals surface area contributed by atoms with Gasteiger partial charge in [-0.25, -0.2) is 0 Å². The molecule has 0 unspecified atom stereocenters. The van der Waals surface area contributed by atoms with Crippen molar-refractivity contribution in [1.82, 2.24) is 5.32 Å². The van der Waals surface area contributed by atoms with E-state index >= 15 is 0 Å². The standard InChI is InChI=1S/C21H19ClN2O2S/c1-11-5-6-14-17(9-11)27-21-18(14)20(25)23-19(24-21)16-8-7-15(26-16)12-3-2-4-13(22)10-12/h2-4,7-8,10-11,19,24H,5-6,9H2,1H3,(H,23,25)/t11-,19-/m1/s1. The van der Waals surface area contributed by atoms with E-state index in [1.807, 2.05) is 36.4 Å². The van der Waals surface area contributed by atoms with Gasteiger partial charge in [0.1, 0.15) is 16.5 Å². The number of fused-ring (bicyclic) bond motifs is 3. The van der Waals surface area contributed by atoms with Crippen molar-refractivity contribution in [1.29, 1.82) is 0 Å². The van der Waals surface area contributed by atoms with Crippen LogP contribution in [0.15, 0.2) is 40.8 Å². The van der Waals surface area contributed by atoms with Gasteiger partial charge in [-0.2, -0.15) is 0 Å². The third-order valence-corrected chi connectivity index (χ3v) is 6.73. The Hall–Kier alpha value is -2.24. The molecular weight excluding hydrogens is 380 g/mol. The second-order valence-electron chi connectivity index (χ2n) is 7.32. The van der Waals surface area contributed by atoms with Crippen LogP contribution in [-0.2, 0) is 12.8 Å². The zero-order chi connectivity index (χ0) is 18.5. The van der Waals surface area contributed by atoms with Crippen LogP contribution >= 0.6 is 22.9 Å². The van der Waals surface area contributed by atoms with Crippen molar-refractivity contribution in [3.63, 3.8) is 0 Å². The third kappa shape index (κ3) is 2.95. The average molecular weight is 399 g/mol. The molecule has 2 N–H and O–H groups in total. The van der Waals surface area contributed by atoms with Gasteiger partial charge in [0.05, 0.1) is 5.56 Å². The van der Waals surface area contributed by atoms with Crippen LogP contribution in [0.1, 0.15) is 46.1 Å². The molecule has 6 heteroatoms. The van der Waals surface area contributed by atoms with E-state index in [2.05, 4.69) is 17.6 Å². The minimum atomic E-state index is -0.365. The topological polar surface area (TPSA) is 54.3 Å². The minimum Gasteiger partial charge on any atom is -0.457 e. The summed E-state index contributed by atoms with van der Waals surface area (Å²) in [5, 5.41) is 8.13. The first-order chi connectivity index (χ1) is 13.1. The number of hydrogen-bond donors (Lipinski definition) is 2. The molecule has 1 aliphatic carbocycles. The molecular formula is C21H19ClN2O2S. The summed E-state index contributed by atoms with van der Waals surface area (Å²) in [5.74, 6) is 2.08. The van der Waals surface area contributed by atoms with Crippen molar-refractivity contribution in [2.45, 2.75) is 32.4 Å². The number of rotatable bonds is 2. The Balaban J connectivity index is 1.45. The number of furan rings is 1. The van der Waals surface area contributed by atoms with Crippen LogP contribution < -0.4 is 10.6 Å². The van der Waals surface area contributed by atoms with Gasteiger partial charge >= 0.3 is 0 Å². The molecule has 2 aliphatic rings. The number of benzene rings is 1. The molecule has 3 aromatic rings. The molecule has 5 rings (SSSR count). The summed E-state index contributed by atoms with van der Waals surface area (Å²) in [6.07, 6.45) is 2.83. The number of halogens is 1. The summed E-state index contributed by atoms with van der Waals surface area (Å²) in [5.41, 5.74) is 2.98. The van der Waals surface area contributed by atoms with Crippen molar-refractivity contribution in [2.24, 2.45) is 5.92 Å². The van der Waals surface area contributed by atoms with Crippen molar-refractivity contribution in [3.05, 3.63) is 63.2 Å². The molecule has 0 bridgehead atoms. The average Bonchev–Trinajstić information content (AvgIpc) is 3.26. The fourth-order valence-corrected chi connectivity index (χ4v) is 5.54. The lowest BCUT2D eigenvalue weighted by atomic mass is 9.88. The third-order valence-electron chi connectivity index (χ3n) is 5.31. The van der Waals surface area contributed by atoms with E-state index in [1.54, 1.807) is 11.3 Å². The second kappa shape index (κ2) is 6.43. The quantitative estimate of drug-likeness (QED) is 0.587. The zero-order valence-electron chi connectivity index (χ0n) is 14.8. The molecule has 138 valence electrons. The second-order valence-corrected chi connectivity index (χ2v) is 8.86. The van der Waals surface area contributed by atoms with Gasteiger partial charge in [-0.3, -0.25) is 4.79 Å². The van der Waals surface area contributed by atoms with Crippen molar-refractivity contribution in [2.75, 3.05) is 5.32 Å². The first-order valence-corrected chi connectivity index (χ1v) is 10.4. The first kappa shape index (κ1) is 16.9. The van der Waals surface area contributed by atoms with Crippen LogP contribution in [0, 0.1) is 5.92 Å². The highest BCUT2D eigenvalue weighted by molar-refractivity contribution is 7.16. The lowest BCUT2D eigenvalue weighted by molar-refractivity contribution is 0.0930. The fourth-order valence-electron chi connectivity index (χ4n) is 3.91. The van der Waals surface area contributed by atoms with E-state index in [0.29, 0.717) is 16.7 Å². The smallest absolute Gasteiger partial charge is 0.256 e. The van der Waals surface area contributed by atoms with Crippen LogP contribution in [0.5, 0.6) is 0 Å². The molecule has 0 spiro atoms. The van der Waals surface area contributed by atoms with Gasteiger partial charge in [0.25, 0.3) is 5.91 Å². The van der Waals surface area contributed by atoms with Gasteiger partial charge in [-0.1, -0.05) is 30.7 Å². The maximum absolute atomic E-state index is 12.8. The Labute approximate surface area is 166 Å². The predicted molar refractivity (Wildman–Crippen MR) is 108 cm³/mol. The molecule has 1 amide bonds. The van der Waals surface area contributed by atoms with Gasteiger partial charge in [-0.15, -0.1) is 11.3 Å². The Morgan fingerprint density at radius 1 is 1.22 bits per heavy atom. The lowest BCUT2D eigenvalue weighted by Gasteiger charge is -2.25. The van der Waals surface area contributed by atoms with Crippen LogP contribution in [-0.4, -0.2) is 5.91 Å². The van der Waals surface area contributed by atoms with Gasteiger partial charge in [0.15, 0.2) is 6.17 Å². The molecule has 2 atom stereocenters. The van der Waals surface area contributed by atoms with Crippen LogP contribution in [0.25, 0.3) is 11.3 Å². The Morgan fingerprint density at radius 2 is 2.11 bits per heavy atom. The van der Waals surface area contributed by atoms with Gasteiger partial charge in [0, 0.05) is 15.5 Å². The van der Waals surface area contributed by atoms with Crippen LogP contribution in [0.2, 0.25) is 5.02 Å². The largest absolute Gasteiger partial charge is 0.457 e. The summed E-state index contributed by atoms with van der Waals surface area (Å²) in [6.45, 7) is 2.28. The molecule has 4 nitrogen and oxygen atoms in total. The van der Waals surface area contributed by atoms with E-state index in [0.717, 1.165) is 41.2 Å². The van der Waals surface area contributed by atoms with E-state index in [-0.39, 0.29) is 12.1 Å². The van der Waals surface area contributed by atoms with E-state index in [9.17, 15) is 4.79 Å². The summed E-state index contributed by atoms with van der Waals surface area (Å²) in [7, 11) is 0. The molecule has 0 fully saturated rings. The SMILES string of the molecule is C[C@@H]1CCc2c(sc3c2C(=O)N[C@@H](c2ccc(-c4cccc(Cl)c4)o2)N3)C1. The summed E-state index contributed by atoms with van der Waals surface area (Å²) in [4.78, 5) is 14.1. The number of amides is 1. The van der Waals surface area contributed by atoms with Crippen LogP contribution in [0.4, 0.5) is 5.00 Å². The van der Waals surface area contributed by atoms with Gasteiger partial charge in [-0.05, 0) is 55.0 Å². The fraction of sp³-hybridized carbons (Fsp3) is 0.286. The van der Waals surface area contributed by atoms with Gasteiger partial charge < -0.3 is 15.1 Å². The molecule has 1 aromatic carbocycles. The summed E-state index contributed by atoms with van der Waals surface area (Å²) < 4.78 is 6.02. The molecule has 3 heterocycles. The Morgan fingerprint density at radius 3 is 2.96 bits per heavy atom. The lowest BCUT2D eigenvalue weighted by Crippen LogP contribution is -2.38. The normalized spacial score (nSPS) is 21.2. The highest BCUT2D eigenvalue weighted by Crippen LogP contribution is 2.42. The zero-order valence-corrected chi connectivity index (χ0v) is 16.4. The molecule has 2 aromatic heterocycles. The minimum absolute atomic E-state index is 0.0125. The van der Waals surface area contributed by atoms with Gasteiger partial charge in [0.2, 0.25) is 0 Å². The Bertz CT molecular complexity index is 1040. The molecule has 0 saturated carbocycles. The number of hydrogen-bond acceptors (Lipinski definition) is 4. The van der Waals surface area contributed by atoms with Crippen molar-refractivity contribution in [3.8, 4) is 11.3 Å². The van der Waals surface area contributed by atoms with E-state index < -0.39 is 0 Å². The molecule has 1 aliphatic heterocycles. The molecule has 27 heavy (non-hydrogen) atoms. The number of anilines is 1.